The van der Waals surface area contributed by atoms with Crippen molar-refractivity contribution >= 4 is 11.8 Å². The van der Waals surface area contributed by atoms with E-state index in [2.05, 4.69) is 19.2 Å². The molecule has 1 nitrogen and oxygen atoms in total. The molecule has 0 aliphatic heterocycles. The average Bonchev–Trinajstić information content (AvgIpc) is 2.26. The molecule has 1 aromatic carbocycles. The van der Waals surface area contributed by atoms with Crippen molar-refractivity contribution in [1.29, 1.82) is 0 Å². The number of hydrogen-bond acceptors (Lipinski definition) is 2. The van der Waals surface area contributed by atoms with E-state index in [0.717, 1.165) is 17.1 Å². The monoisotopic (exact) mass is 241 g/mol. The summed E-state index contributed by atoms with van der Waals surface area (Å²) in [6.45, 7) is 6.29. The van der Waals surface area contributed by atoms with Crippen molar-refractivity contribution in [3.8, 4) is 0 Å². The summed E-state index contributed by atoms with van der Waals surface area (Å²) in [5.41, 5.74) is 0.746. The molecule has 0 radical (unpaired) electrons. The van der Waals surface area contributed by atoms with Gasteiger partial charge in [-0.3, -0.25) is 0 Å². The summed E-state index contributed by atoms with van der Waals surface area (Å²) in [6.07, 6.45) is 0. The fraction of sp³-hybridized carbons (Fsp3) is 0.538. The van der Waals surface area contributed by atoms with Gasteiger partial charge >= 0.3 is 0 Å². The highest BCUT2D eigenvalue weighted by Crippen LogP contribution is 2.17. The van der Waals surface area contributed by atoms with E-state index in [4.69, 9.17) is 0 Å². The Morgan fingerprint density at radius 1 is 1.31 bits per heavy atom. The van der Waals surface area contributed by atoms with E-state index < -0.39 is 0 Å². The number of nitrogens with one attached hydrogen (secondary N) is 1. The van der Waals surface area contributed by atoms with Crippen LogP contribution in [0.25, 0.3) is 0 Å². The first kappa shape index (κ1) is 13.5. The van der Waals surface area contributed by atoms with Gasteiger partial charge in [-0.25, -0.2) is 4.39 Å². The number of thioether (sulfide) groups is 1. The van der Waals surface area contributed by atoms with E-state index in [-0.39, 0.29) is 11.9 Å². The van der Waals surface area contributed by atoms with Crippen molar-refractivity contribution in [1.82, 2.24) is 5.32 Å². The lowest BCUT2D eigenvalue weighted by Gasteiger charge is -2.20. The Morgan fingerprint density at radius 2 is 2.00 bits per heavy atom. The van der Waals surface area contributed by atoms with Crippen molar-refractivity contribution in [3.05, 3.63) is 35.6 Å². The summed E-state index contributed by atoms with van der Waals surface area (Å²) in [5.74, 6) is 2.06. The summed E-state index contributed by atoms with van der Waals surface area (Å²) in [5, 5.41) is 3.41. The maximum absolute atomic E-state index is 13.5. The molecule has 16 heavy (non-hydrogen) atoms. The fourth-order valence-electron chi connectivity index (χ4n) is 1.69. The van der Waals surface area contributed by atoms with Gasteiger partial charge in [0.15, 0.2) is 0 Å². The van der Waals surface area contributed by atoms with Crippen LogP contribution in [-0.2, 0) is 0 Å². The molecule has 0 fully saturated rings. The molecule has 3 heteroatoms. The summed E-state index contributed by atoms with van der Waals surface area (Å²) >= 11 is 1.90. The summed E-state index contributed by atoms with van der Waals surface area (Å²) in [4.78, 5) is 0. The Bertz CT molecular complexity index is 317. The summed E-state index contributed by atoms with van der Waals surface area (Å²) in [7, 11) is 0. The zero-order valence-corrected chi connectivity index (χ0v) is 11.0. The number of benzene rings is 1. The quantitative estimate of drug-likeness (QED) is 0.816. The maximum atomic E-state index is 13.5. The van der Waals surface area contributed by atoms with E-state index in [9.17, 15) is 4.39 Å². The third-order valence-electron chi connectivity index (χ3n) is 2.48. The van der Waals surface area contributed by atoms with Gasteiger partial charge in [0.1, 0.15) is 5.82 Å². The normalized spacial score (nSPS) is 14.8. The predicted molar refractivity (Wildman–Crippen MR) is 70.4 cm³/mol. The van der Waals surface area contributed by atoms with Gasteiger partial charge in [-0.2, -0.15) is 11.8 Å². The Balaban J connectivity index is 2.52. The van der Waals surface area contributed by atoms with Crippen LogP contribution in [0.15, 0.2) is 24.3 Å². The lowest BCUT2D eigenvalue weighted by atomic mass is 10.1. The van der Waals surface area contributed by atoms with Gasteiger partial charge in [0.2, 0.25) is 0 Å². The second-order valence-corrected chi connectivity index (χ2v) is 5.29. The minimum atomic E-state index is -0.127. The molecular formula is C13H20FNS. The molecule has 0 heterocycles. The Morgan fingerprint density at radius 3 is 2.62 bits per heavy atom. The number of rotatable bonds is 6. The smallest absolute Gasteiger partial charge is 0.127 e. The molecule has 2 atom stereocenters. The van der Waals surface area contributed by atoms with Crippen molar-refractivity contribution < 1.29 is 4.39 Å². The first-order chi connectivity index (χ1) is 7.65. The molecule has 0 aliphatic carbocycles. The molecule has 1 aromatic rings. The minimum Gasteiger partial charge on any atom is -0.307 e. The number of halogens is 1. The van der Waals surface area contributed by atoms with Gasteiger partial charge in [0, 0.05) is 23.4 Å². The molecular weight excluding hydrogens is 221 g/mol. The molecule has 0 aliphatic rings. The lowest BCUT2D eigenvalue weighted by Crippen LogP contribution is -2.31. The molecule has 90 valence electrons. The molecule has 1 N–H and O–H groups in total. The number of hydrogen-bond donors (Lipinski definition) is 1. The predicted octanol–water partition coefficient (Wildman–Crippen LogP) is 3.62. The maximum Gasteiger partial charge on any atom is 0.127 e. The zero-order valence-electron chi connectivity index (χ0n) is 10.2. The largest absolute Gasteiger partial charge is 0.307 e. The van der Waals surface area contributed by atoms with E-state index in [1.54, 1.807) is 6.07 Å². The van der Waals surface area contributed by atoms with E-state index >= 15 is 0 Å². The van der Waals surface area contributed by atoms with Crippen LogP contribution in [0, 0.1) is 5.82 Å². The van der Waals surface area contributed by atoms with E-state index in [0.29, 0.717) is 6.04 Å². The third kappa shape index (κ3) is 4.14. The molecule has 0 saturated heterocycles. The van der Waals surface area contributed by atoms with Crippen LogP contribution in [0.5, 0.6) is 0 Å². The van der Waals surface area contributed by atoms with Crippen LogP contribution in [0.2, 0.25) is 0 Å². The second kappa shape index (κ2) is 6.92. The highest BCUT2D eigenvalue weighted by Gasteiger charge is 2.12. The summed E-state index contributed by atoms with van der Waals surface area (Å²) < 4.78 is 13.5. The van der Waals surface area contributed by atoms with Crippen LogP contribution in [0.4, 0.5) is 4.39 Å². The third-order valence-corrected chi connectivity index (χ3v) is 3.62. The highest BCUT2D eigenvalue weighted by molar-refractivity contribution is 7.99. The standard InChI is InChI=1S/C13H20FNS/c1-4-16-9-10(2)15-11(3)12-7-5-6-8-13(12)14/h5-8,10-11,15H,4,9H2,1-3H3. The molecule has 2 unspecified atom stereocenters. The van der Waals surface area contributed by atoms with Gasteiger partial charge < -0.3 is 5.32 Å². The molecule has 0 amide bonds. The van der Waals surface area contributed by atoms with E-state index in [1.165, 1.54) is 6.07 Å². The molecule has 0 saturated carbocycles. The van der Waals surface area contributed by atoms with Crippen molar-refractivity contribution in [3.63, 3.8) is 0 Å². The van der Waals surface area contributed by atoms with Crippen LogP contribution in [0.1, 0.15) is 32.4 Å². The van der Waals surface area contributed by atoms with Gasteiger partial charge in [-0.05, 0) is 25.7 Å². The first-order valence-electron chi connectivity index (χ1n) is 5.73. The Labute approximate surface area is 102 Å². The van der Waals surface area contributed by atoms with Crippen LogP contribution in [0.3, 0.4) is 0 Å². The van der Waals surface area contributed by atoms with E-state index in [1.807, 2.05) is 30.8 Å². The Hall–Kier alpha value is -0.540. The first-order valence-corrected chi connectivity index (χ1v) is 6.88. The highest BCUT2D eigenvalue weighted by atomic mass is 32.2. The zero-order chi connectivity index (χ0) is 12.0. The molecule has 0 bridgehead atoms. The molecule has 1 rings (SSSR count). The molecule has 0 spiro atoms. The van der Waals surface area contributed by atoms with Crippen molar-refractivity contribution in [2.24, 2.45) is 0 Å². The SMILES string of the molecule is CCSCC(C)NC(C)c1ccccc1F. The summed E-state index contributed by atoms with van der Waals surface area (Å²) in [6, 6.07) is 7.42. The minimum absolute atomic E-state index is 0.0636. The lowest BCUT2D eigenvalue weighted by molar-refractivity contribution is 0.487. The van der Waals surface area contributed by atoms with Crippen LogP contribution < -0.4 is 5.32 Å². The van der Waals surface area contributed by atoms with Crippen molar-refractivity contribution in [2.75, 3.05) is 11.5 Å². The van der Waals surface area contributed by atoms with Crippen LogP contribution >= 0.6 is 11.8 Å². The fourth-order valence-corrected chi connectivity index (χ4v) is 2.37. The van der Waals surface area contributed by atoms with Gasteiger partial charge in [-0.1, -0.05) is 25.1 Å². The van der Waals surface area contributed by atoms with Gasteiger partial charge in [0.05, 0.1) is 0 Å². The second-order valence-electron chi connectivity index (χ2n) is 3.97. The van der Waals surface area contributed by atoms with Gasteiger partial charge in [-0.15, -0.1) is 0 Å². The average molecular weight is 241 g/mol. The van der Waals surface area contributed by atoms with Gasteiger partial charge in [0.25, 0.3) is 0 Å². The topological polar surface area (TPSA) is 12.0 Å². The Kier molecular flexibility index (Phi) is 5.85. The van der Waals surface area contributed by atoms with Crippen LogP contribution in [-0.4, -0.2) is 17.5 Å². The molecule has 0 aromatic heterocycles. The van der Waals surface area contributed by atoms with Crippen molar-refractivity contribution in [2.45, 2.75) is 32.9 Å².